The summed E-state index contributed by atoms with van der Waals surface area (Å²) in [6, 6.07) is 8.74. The third-order valence-electron chi connectivity index (χ3n) is 5.97. The van der Waals surface area contributed by atoms with E-state index in [0.717, 1.165) is 37.4 Å². The molecule has 0 amide bonds. The first kappa shape index (κ1) is 21.1. The highest BCUT2D eigenvalue weighted by atomic mass is 16.1. The zero-order valence-corrected chi connectivity index (χ0v) is 18.3. The van der Waals surface area contributed by atoms with Gasteiger partial charge in [0.1, 0.15) is 11.2 Å². The van der Waals surface area contributed by atoms with Gasteiger partial charge in [-0.05, 0) is 36.0 Å². The van der Waals surface area contributed by atoms with E-state index < -0.39 is 5.56 Å². The van der Waals surface area contributed by atoms with Crippen molar-refractivity contribution >= 4 is 12.7 Å². The van der Waals surface area contributed by atoms with E-state index in [1.54, 1.807) is 6.08 Å². The van der Waals surface area contributed by atoms with Crippen LogP contribution in [0.2, 0.25) is 0 Å². The summed E-state index contributed by atoms with van der Waals surface area (Å²) in [5, 5.41) is 0.225. The second kappa shape index (κ2) is 8.51. The fourth-order valence-corrected chi connectivity index (χ4v) is 4.29. The molecule has 7 nitrogen and oxygen atoms in total. The Kier molecular flexibility index (Phi) is 5.78. The largest absolute Gasteiger partial charge is 0.344 e. The van der Waals surface area contributed by atoms with Gasteiger partial charge in [-0.25, -0.2) is 4.98 Å². The topological polar surface area (TPSA) is 97.6 Å². The molecule has 0 fully saturated rings. The third kappa shape index (κ3) is 4.18. The van der Waals surface area contributed by atoms with E-state index in [4.69, 9.17) is 4.98 Å². The lowest BCUT2D eigenvalue weighted by Gasteiger charge is -2.34. The maximum Gasteiger partial charge on any atom is 0.272 e. The SMILES string of the molecule is C=c1[nH]c(=O)c(=Cc2nc(C(CC)N3CCc4ccccc4C3)[nH]c2C(C)C)[nH]c1=O. The molecule has 31 heavy (non-hydrogen) atoms. The van der Waals surface area contributed by atoms with E-state index in [1.165, 1.54) is 11.1 Å². The molecule has 0 bridgehead atoms. The van der Waals surface area contributed by atoms with E-state index in [9.17, 15) is 9.59 Å². The molecular weight excluding hydrogens is 390 g/mol. The highest BCUT2D eigenvalue weighted by Crippen LogP contribution is 2.30. The van der Waals surface area contributed by atoms with Crippen molar-refractivity contribution in [1.82, 2.24) is 24.8 Å². The van der Waals surface area contributed by atoms with E-state index in [1.807, 2.05) is 0 Å². The molecular formula is C24H29N5O2. The summed E-state index contributed by atoms with van der Waals surface area (Å²) in [5.74, 6) is 1.08. The quantitative estimate of drug-likeness (QED) is 0.586. The van der Waals surface area contributed by atoms with Gasteiger partial charge < -0.3 is 15.0 Å². The lowest BCUT2D eigenvalue weighted by Crippen LogP contribution is -2.46. The van der Waals surface area contributed by atoms with Crippen LogP contribution in [0.5, 0.6) is 0 Å². The van der Waals surface area contributed by atoms with Gasteiger partial charge in [0.05, 0.1) is 17.1 Å². The maximum atomic E-state index is 12.3. The first-order valence-corrected chi connectivity index (χ1v) is 10.8. The number of fused-ring (bicyclic) bond motifs is 1. The number of imidazole rings is 1. The van der Waals surface area contributed by atoms with Gasteiger partial charge in [-0.1, -0.05) is 51.6 Å². The van der Waals surface area contributed by atoms with Crippen molar-refractivity contribution in [3.63, 3.8) is 0 Å². The average molecular weight is 420 g/mol. The van der Waals surface area contributed by atoms with Crippen LogP contribution in [-0.2, 0) is 13.0 Å². The molecule has 1 aliphatic rings. The van der Waals surface area contributed by atoms with Crippen molar-refractivity contribution in [3.05, 3.63) is 84.0 Å². The van der Waals surface area contributed by atoms with E-state index >= 15 is 0 Å². The molecule has 3 aromatic rings. The van der Waals surface area contributed by atoms with Crippen LogP contribution < -0.4 is 21.8 Å². The Morgan fingerprint density at radius 2 is 1.87 bits per heavy atom. The molecule has 1 aliphatic heterocycles. The van der Waals surface area contributed by atoms with Crippen LogP contribution in [0.25, 0.3) is 12.7 Å². The number of aromatic nitrogens is 4. The zero-order valence-electron chi connectivity index (χ0n) is 18.3. The van der Waals surface area contributed by atoms with Crippen molar-refractivity contribution in [3.8, 4) is 0 Å². The van der Waals surface area contributed by atoms with Crippen LogP contribution in [-0.4, -0.2) is 31.4 Å². The van der Waals surface area contributed by atoms with Gasteiger partial charge >= 0.3 is 0 Å². The van der Waals surface area contributed by atoms with E-state index in [0.29, 0.717) is 5.69 Å². The highest BCUT2D eigenvalue weighted by molar-refractivity contribution is 5.48. The molecule has 3 N–H and O–H groups in total. The summed E-state index contributed by atoms with van der Waals surface area (Å²) in [4.78, 5) is 40.2. The Hall–Kier alpha value is -3.19. The van der Waals surface area contributed by atoms with Gasteiger partial charge in [-0.2, -0.15) is 0 Å². The van der Waals surface area contributed by atoms with E-state index in [-0.39, 0.29) is 28.2 Å². The van der Waals surface area contributed by atoms with Gasteiger partial charge in [-0.3, -0.25) is 14.5 Å². The minimum Gasteiger partial charge on any atom is -0.344 e. The van der Waals surface area contributed by atoms with E-state index in [2.05, 4.69) is 71.5 Å². The Morgan fingerprint density at radius 1 is 1.13 bits per heavy atom. The summed E-state index contributed by atoms with van der Waals surface area (Å²) in [6.07, 6.45) is 3.59. The smallest absolute Gasteiger partial charge is 0.272 e. The molecule has 0 aliphatic carbocycles. The fraction of sp³-hybridized carbons (Fsp3) is 0.375. The number of H-pyrrole nitrogens is 3. The number of nitrogens with one attached hydrogen (secondary N) is 3. The van der Waals surface area contributed by atoms with Crippen LogP contribution >= 0.6 is 0 Å². The van der Waals surface area contributed by atoms with Crippen molar-refractivity contribution in [2.24, 2.45) is 0 Å². The molecule has 1 aromatic carbocycles. The van der Waals surface area contributed by atoms with Gasteiger partial charge in [0.2, 0.25) is 0 Å². The van der Waals surface area contributed by atoms with Crippen molar-refractivity contribution < 1.29 is 0 Å². The Morgan fingerprint density at radius 3 is 2.58 bits per heavy atom. The highest BCUT2D eigenvalue weighted by Gasteiger charge is 2.26. The Labute approximate surface area is 180 Å². The molecule has 2 aromatic heterocycles. The van der Waals surface area contributed by atoms with Crippen LogP contribution in [0.15, 0.2) is 33.9 Å². The van der Waals surface area contributed by atoms with Crippen LogP contribution in [0, 0.1) is 0 Å². The molecule has 0 saturated carbocycles. The van der Waals surface area contributed by atoms with Crippen molar-refractivity contribution in [2.75, 3.05) is 6.54 Å². The summed E-state index contributed by atoms with van der Waals surface area (Å²) >= 11 is 0. The predicted molar refractivity (Wildman–Crippen MR) is 122 cm³/mol. The molecule has 0 spiro atoms. The normalized spacial score (nSPS) is 15.9. The summed E-state index contributed by atoms with van der Waals surface area (Å²) in [5.41, 5.74) is 3.62. The molecule has 1 unspecified atom stereocenters. The first-order chi connectivity index (χ1) is 14.9. The summed E-state index contributed by atoms with van der Waals surface area (Å²) in [6.45, 7) is 11.7. The third-order valence-corrected chi connectivity index (χ3v) is 5.97. The summed E-state index contributed by atoms with van der Waals surface area (Å²) in [7, 11) is 0. The fourth-order valence-electron chi connectivity index (χ4n) is 4.29. The second-order valence-corrected chi connectivity index (χ2v) is 8.43. The predicted octanol–water partition coefficient (Wildman–Crippen LogP) is 1.66. The Bertz CT molecular complexity index is 1310. The first-order valence-electron chi connectivity index (χ1n) is 10.8. The van der Waals surface area contributed by atoms with Crippen LogP contribution in [0.4, 0.5) is 0 Å². The van der Waals surface area contributed by atoms with Gasteiger partial charge in [-0.15, -0.1) is 0 Å². The monoisotopic (exact) mass is 419 g/mol. The molecule has 0 radical (unpaired) electrons. The minimum absolute atomic E-state index is 0.0466. The maximum absolute atomic E-state index is 12.3. The minimum atomic E-state index is -0.411. The van der Waals surface area contributed by atoms with Crippen LogP contribution in [0.1, 0.15) is 67.5 Å². The van der Waals surface area contributed by atoms with Gasteiger partial charge in [0.15, 0.2) is 0 Å². The van der Waals surface area contributed by atoms with Gasteiger partial charge in [0, 0.05) is 18.8 Å². The summed E-state index contributed by atoms with van der Waals surface area (Å²) < 4.78 is 0. The van der Waals surface area contributed by atoms with Gasteiger partial charge in [0.25, 0.3) is 11.1 Å². The molecule has 7 heteroatoms. The average Bonchev–Trinajstić information content (AvgIpc) is 3.16. The molecule has 3 heterocycles. The van der Waals surface area contributed by atoms with Crippen molar-refractivity contribution in [1.29, 1.82) is 0 Å². The molecule has 1 atom stereocenters. The molecule has 162 valence electrons. The van der Waals surface area contributed by atoms with Crippen LogP contribution in [0.3, 0.4) is 0 Å². The van der Waals surface area contributed by atoms with Crippen molar-refractivity contribution in [2.45, 2.75) is 52.1 Å². The Balaban J connectivity index is 1.74. The molecule has 4 rings (SSSR count). The number of benzene rings is 1. The second-order valence-electron chi connectivity index (χ2n) is 8.43. The zero-order chi connectivity index (χ0) is 22.1. The molecule has 0 saturated heterocycles. The number of nitrogens with zero attached hydrogens (tertiary/aromatic N) is 2. The lowest BCUT2D eigenvalue weighted by atomic mass is 9.98. The number of hydrogen-bond donors (Lipinski definition) is 3. The standard InChI is InChI=1S/C24H29N5O2/c1-5-20(29-11-10-16-8-6-7-9-17(16)13-29)22-26-18(21(28-22)14(2)3)12-19-24(31)25-15(4)23(30)27-19/h6-9,12,14,20H,4-5,10-11,13H2,1-3H3,(H,25,31)(H,26,28)(H,27,30). The number of hydrogen-bond acceptors (Lipinski definition) is 4. The lowest BCUT2D eigenvalue weighted by molar-refractivity contribution is 0.168. The number of aromatic amines is 3. The number of rotatable bonds is 5.